The van der Waals surface area contributed by atoms with Crippen LogP contribution in [0, 0.1) is 5.82 Å². The molecule has 2 aromatic rings. The SMILES string of the molecule is NC(=O)c1cc(NCCn2ccnc2)c(F)cc1N. The van der Waals surface area contributed by atoms with Gasteiger partial charge in [-0.3, -0.25) is 4.79 Å². The molecule has 2 rings (SSSR count). The minimum absolute atomic E-state index is 0.0326. The fourth-order valence-corrected chi connectivity index (χ4v) is 1.68. The average molecular weight is 263 g/mol. The molecule has 5 N–H and O–H groups in total. The fraction of sp³-hybridized carbons (Fsp3) is 0.167. The van der Waals surface area contributed by atoms with Crippen LogP contribution in [0.15, 0.2) is 30.9 Å². The molecule has 0 saturated carbocycles. The van der Waals surface area contributed by atoms with Gasteiger partial charge in [-0.15, -0.1) is 0 Å². The first-order chi connectivity index (χ1) is 9.08. The van der Waals surface area contributed by atoms with Crippen molar-refractivity contribution in [2.24, 2.45) is 5.73 Å². The number of imidazole rings is 1. The molecule has 1 heterocycles. The van der Waals surface area contributed by atoms with Gasteiger partial charge in [-0.25, -0.2) is 9.37 Å². The predicted molar refractivity (Wildman–Crippen MR) is 70.0 cm³/mol. The highest BCUT2D eigenvalue weighted by atomic mass is 19.1. The van der Waals surface area contributed by atoms with E-state index < -0.39 is 11.7 Å². The zero-order chi connectivity index (χ0) is 13.8. The van der Waals surface area contributed by atoms with Gasteiger partial charge in [0, 0.05) is 31.2 Å². The van der Waals surface area contributed by atoms with Gasteiger partial charge in [0.05, 0.1) is 17.6 Å². The number of hydrogen-bond acceptors (Lipinski definition) is 4. The van der Waals surface area contributed by atoms with Crippen LogP contribution in [0.5, 0.6) is 0 Å². The number of hydrogen-bond donors (Lipinski definition) is 3. The van der Waals surface area contributed by atoms with Gasteiger partial charge in [0.25, 0.3) is 5.91 Å². The Balaban J connectivity index is 2.07. The molecule has 1 amide bonds. The van der Waals surface area contributed by atoms with Crippen molar-refractivity contribution < 1.29 is 9.18 Å². The normalized spacial score (nSPS) is 10.4. The molecule has 0 atom stereocenters. The van der Waals surface area contributed by atoms with Gasteiger partial charge in [0.15, 0.2) is 0 Å². The molecule has 0 radical (unpaired) electrons. The van der Waals surface area contributed by atoms with Crippen LogP contribution in [0.3, 0.4) is 0 Å². The second kappa shape index (κ2) is 5.38. The molecule has 0 aliphatic heterocycles. The maximum atomic E-state index is 13.6. The molecule has 0 aliphatic rings. The van der Waals surface area contributed by atoms with Crippen molar-refractivity contribution >= 4 is 17.3 Å². The molecule has 0 aliphatic carbocycles. The number of primary amides is 1. The summed E-state index contributed by atoms with van der Waals surface area (Å²) < 4.78 is 15.5. The third-order valence-corrected chi connectivity index (χ3v) is 2.65. The lowest BCUT2D eigenvalue weighted by atomic mass is 10.1. The molecule has 1 aromatic carbocycles. The first-order valence-electron chi connectivity index (χ1n) is 5.66. The summed E-state index contributed by atoms with van der Waals surface area (Å²) in [4.78, 5) is 15.0. The fourth-order valence-electron chi connectivity index (χ4n) is 1.68. The number of nitrogens with one attached hydrogen (secondary N) is 1. The van der Waals surface area contributed by atoms with E-state index in [4.69, 9.17) is 11.5 Å². The number of halogens is 1. The first-order valence-corrected chi connectivity index (χ1v) is 5.66. The van der Waals surface area contributed by atoms with E-state index in [1.165, 1.54) is 6.07 Å². The number of carbonyl (C=O) groups excluding carboxylic acids is 1. The Labute approximate surface area is 109 Å². The van der Waals surface area contributed by atoms with Crippen molar-refractivity contribution in [2.45, 2.75) is 6.54 Å². The Kier molecular flexibility index (Phi) is 3.65. The van der Waals surface area contributed by atoms with Gasteiger partial charge in [-0.05, 0) is 12.1 Å². The molecule has 7 heteroatoms. The van der Waals surface area contributed by atoms with E-state index in [1.54, 1.807) is 18.7 Å². The highest BCUT2D eigenvalue weighted by Gasteiger charge is 2.11. The summed E-state index contributed by atoms with van der Waals surface area (Å²) in [6.45, 7) is 1.10. The molecular weight excluding hydrogens is 249 g/mol. The molecule has 6 nitrogen and oxygen atoms in total. The lowest BCUT2D eigenvalue weighted by Crippen LogP contribution is -2.16. The molecule has 19 heavy (non-hydrogen) atoms. The second-order valence-electron chi connectivity index (χ2n) is 4.01. The van der Waals surface area contributed by atoms with E-state index in [2.05, 4.69) is 10.3 Å². The van der Waals surface area contributed by atoms with E-state index in [0.717, 1.165) is 6.07 Å². The summed E-state index contributed by atoms with van der Waals surface area (Å²) in [6.07, 6.45) is 5.13. The summed E-state index contributed by atoms with van der Waals surface area (Å²) >= 11 is 0. The Bertz CT molecular complexity index is 582. The maximum absolute atomic E-state index is 13.6. The highest BCUT2D eigenvalue weighted by molar-refractivity contribution is 5.99. The summed E-state index contributed by atoms with van der Waals surface area (Å²) in [6, 6.07) is 2.40. The van der Waals surface area contributed by atoms with Gasteiger partial charge in [0.1, 0.15) is 5.82 Å². The van der Waals surface area contributed by atoms with Crippen molar-refractivity contribution in [1.29, 1.82) is 0 Å². The van der Waals surface area contributed by atoms with Gasteiger partial charge in [-0.2, -0.15) is 0 Å². The van der Waals surface area contributed by atoms with Crippen LogP contribution in [0.2, 0.25) is 0 Å². The third kappa shape index (κ3) is 3.01. The van der Waals surface area contributed by atoms with E-state index >= 15 is 0 Å². The Hall–Kier alpha value is -2.57. The second-order valence-corrected chi connectivity index (χ2v) is 4.01. The van der Waals surface area contributed by atoms with E-state index in [1.807, 2.05) is 4.57 Å². The van der Waals surface area contributed by atoms with Crippen molar-refractivity contribution in [3.05, 3.63) is 42.2 Å². The van der Waals surface area contributed by atoms with E-state index in [9.17, 15) is 9.18 Å². The Morgan fingerprint density at radius 3 is 2.89 bits per heavy atom. The molecule has 0 spiro atoms. The molecular formula is C12H14FN5O. The van der Waals surface area contributed by atoms with Crippen molar-refractivity contribution in [1.82, 2.24) is 9.55 Å². The van der Waals surface area contributed by atoms with E-state index in [-0.39, 0.29) is 16.9 Å². The van der Waals surface area contributed by atoms with Crippen LogP contribution >= 0.6 is 0 Å². The highest BCUT2D eigenvalue weighted by Crippen LogP contribution is 2.21. The Morgan fingerprint density at radius 2 is 2.26 bits per heavy atom. The predicted octanol–water partition coefficient (Wildman–Crippen LogP) is 0.815. The zero-order valence-corrected chi connectivity index (χ0v) is 10.1. The van der Waals surface area contributed by atoms with Crippen molar-refractivity contribution in [2.75, 3.05) is 17.6 Å². The molecule has 0 unspecified atom stereocenters. The molecule has 100 valence electrons. The molecule has 0 bridgehead atoms. The maximum Gasteiger partial charge on any atom is 0.250 e. The van der Waals surface area contributed by atoms with Crippen LogP contribution in [0.25, 0.3) is 0 Å². The smallest absolute Gasteiger partial charge is 0.250 e. The van der Waals surface area contributed by atoms with Gasteiger partial charge >= 0.3 is 0 Å². The number of nitrogen functional groups attached to an aromatic ring is 1. The topological polar surface area (TPSA) is 99.0 Å². The monoisotopic (exact) mass is 263 g/mol. The number of nitrogens with zero attached hydrogens (tertiary/aromatic N) is 2. The lowest BCUT2D eigenvalue weighted by Gasteiger charge is -2.10. The summed E-state index contributed by atoms with van der Waals surface area (Å²) in [5.41, 5.74) is 11.0. The van der Waals surface area contributed by atoms with Gasteiger partial charge < -0.3 is 21.4 Å². The summed E-state index contributed by atoms with van der Waals surface area (Å²) in [5.74, 6) is -1.21. The molecule has 1 aromatic heterocycles. The van der Waals surface area contributed by atoms with Gasteiger partial charge in [0.2, 0.25) is 0 Å². The van der Waals surface area contributed by atoms with Crippen LogP contribution in [0.4, 0.5) is 15.8 Å². The van der Waals surface area contributed by atoms with Crippen molar-refractivity contribution in [3.8, 4) is 0 Å². The van der Waals surface area contributed by atoms with Crippen LogP contribution in [0.1, 0.15) is 10.4 Å². The van der Waals surface area contributed by atoms with Crippen LogP contribution in [-0.4, -0.2) is 22.0 Å². The summed E-state index contributed by atoms with van der Waals surface area (Å²) in [7, 11) is 0. The third-order valence-electron chi connectivity index (χ3n) is 2.65. The van der Waals surface area contributed by atoms with Crippen LogP contribution < -0.4 is 16.8 Å². The average Bonchev–Trinajstić information content (AvgIpc) is 2.84. The minimum Gasteiger partial charge on any atom is -0.398 e. The first kappa shape index (κ1) is 12.9. The zero-order valence-electron chi connectivity index (χ0n) is 10.1. The standard InChI is InChI=1S/C12H14FN5O/c13-9-6-10(14)8(12(15)19)5-11(9)17-2-4-18-3-1-16-7-18/h1,3,5-7,17H,2,4,14H2,(H2,15,19). The molecule has 0 saturated heterocycles. The van der Waals surface area contributed by atoms with Crippen LogP contribution in [-0.2, 0) is 6.54 Å². The summed E-state index contributed by atoms with van der Waals surface area (Å²) in [5, 5.41) is 2.89. The number of carbonyl (C=O) groups is 1. The number of anilines is 2. The number of aromatic nitrogens is 2. The quantitative estimate of drug-likeness (QED) is 0.695. The number of nitrogens with two attached hydrogens (primary N) is 2. The lowest BCUT2D eigenvalue weighted by molar-refractivity contribution is 0.100. The Morgan fingerprint density at radius 1 is 1.47 bits per heavy atom. The minimum atomic E-state index is -0.685. The largest absolute Gasteiger partial charge is 0.398 e. The number of benzene rings is 1. The van der Waals surface area contributed by atoms with E-state index in [0.29, 0.717) is 13.1 Å². The molecule has 0 fully saturated rings. The number of amides is 1. The number of rotatable bonds is 5. The van der Waals surface area contributed by atoms with Crippen molar-refractivity contribution in [3.63, 3.8) is 0 Å². The van der Waals surface area contributed by atoms with Gasteiger partial charge in [-0.1, -0.05) is 0 Å².